The van der Waals surface area contributed by atoms with Crippen molar-refractivity contribution in [1.29, 1.82) is 0 Å². The van der Waals surface area contributed by atoms with Gasteiger partial charge in [-0.15, -0.1) is 0 Å². The van der Waals surface area contributed by atoms with Crippen LogP contribution < -0.4 is 5.32 Å². The zero-order chi connectivity index (χ0) is 15.4. The molecule has 1 aromatic heterocycles. The average molecular weight is 292 g/mol. The molecule has 2 heterocycles. The van der Waals surface area contributed by atoms with Gasteiger partial charge in [0.25, 0.3) is 0 Å². The van der Waals surface area contributed by atoms with Crippen molar-refractivity contribution in [3.05, 3.63) is 24.0 Å². The quantitative estimate of drug-likeness (QED) is 0.878. The van der Waals surface area contributed by atoms with Gasteiger partial charge in [0, 0.05) is 31.9 Å². The molecule has 1 fully saturated rings. The maximum atomic E-state index is 12.2. The summed E-state index contributed by atoms with van der Waals surface area (Å²) in [7, 11) is 2.06. The van der Waals surface area contributed by atoms with E-state index in [1.165, 1.54) is 18.5 Å². The van der Waals surface area contributed by atoms with Crippen LogP contribution in [0.15, 0.2) is 18.5 Å². The molecule has 7 heteroatoms. The number of hydrogen-bond acceptors (Lipinski definition) is 4. The number of likely N-dealkylation sites (N-methyl/N-ethyl adjacent to an activating group) is 1. The lowest BCUT2D eigenvalue weighted by molar-refractivity contribution is 0.0696. The highest BCUT2D eigenvalue weighted by Crippen LogP contribution is 2.14. The Morgan fingerprint density at radius 3 is 2.86 bits per heavy atom. The number of nitrogens with zero attached hydrogens (tertiary/aromatic N) is 3. The third-order valence-electron chi connectivity index (χ3n) is 3.77. The number of rotatable bonds is 3. The molecule has 1 aliphatic rings. The fourth-order valence-electron chi connectivity index (χ4n) is 2.40. The van der Waals surface area contributed by atoms with Crippen LogP contribution in [0.4, 0.5) is 10.5 Å². The minimum absolute atomic E-state index is 0.0533. The third-order valence-corrected chi connectivity index (χ3v) is 3.77. The fraction of sp³-hybridized carbons (Fsp3) is 0.500. The number of aromatic carboxylic acids is 1. The molecule has 1 atom stereocenters. The molecule has 2 amide bonds. The minimum atomic E-state index is -1.07. The van der Waals surface area contributed by atoms with E-state index in [-0.39, 0.29) is 11.6 Å². The molecule has 0 radical (unpaired) electrons. The van der Waals surface area contributed by atoms with Crippen molar-refractivity contribution in [2.45, 2.75) is 19.4 Å². The highest BCUT2D eigenvalue weighted by molar-refractivity contribution is 5.92. The van der Waals surface area contributed by atoms with Crippen molar-refractivity contribution in [2.24, 2.45) is 0 Å². The van der Waals surface area contributed by atoms with Crippen LogP contribution in [0.2, 0.25) is 0 Å². The van der Waals surface area contributed by atoms with E-state index in [1.54, 1.807) is 4.90 Å². The fourth-order valence-corrected chi connectivity index (χ4v) is 2.40. The SMILES string of the molecule is CCC1CN(C(=O)Nc2cncc(C(=O)O)c2)CCN1C. The van der Waals surface area contributed by atoms with Crippen molar-refractivity contribution < 1.29 is 14.7 Å². The lowest BCUT2D eigenvalue weighted by Gasteiger charge is -2.38. The number of carboxylic acids is 1. The van der Waals surface area contributed by atoms with Crippen LogP contribution >= 0.6 is 0 Å². The van der Waals surface area contributed by atoms with E-state index in [2.05, 4.69) is 29.2 Å². The number of hydrogen-bond donors (Lipinski definition) is 2. The predicted molar refractivity (Wildman–Crippen MR) is 78.5 cm³/mol. The predicted octanol–water partition coefficient (Wildman–Crippen LogP) is 1.34. The highest BCUT2D eigenvalue weighted by Gasteiger charge is 2.26. The number of pyridine rings is 1. The molecule has 1 unspecified atom stereocenters. The number of amides is 2. The van der Waals surface area contributed by atoms with Crippen LogP contribution in [0.5, 0.6) is 0 Å². The molecule has 1 aromatic rings. The van der Waals surface area contributed by atoms with Crippen LogP contribution in [-0.4, -0.2) is 64.6 Å². The standard InChI is InChI=1S/C14H20N4O3/c1-3-12-9-18(5-4-17(12)2)14(21)16-11-6-10(13(19)20)7-15-8-11/h6-8,12H,3-5,9H2,1-2H3,(H,16,21)(H,19,20). The van der Waals surface area contributed by atoms with E-state index in [9.17, 15) is 9.59 Å². The molecule has 21 heavy (non-hydrogen) atoms. The number of carbonyl (C=O) groups excluding carboxylic acids is 1. The molecular weight excluding hydrogens is 272 g/mol. The minimum Gasteiger partial charge on any atom is -0.478 e. The van der Waals surface area contributed by atoms with E-state index >= 15 is 0 Å². The molecule has 7 nitrogen and oxygen atoms in total. The Morgan fingerprint density at radius 1 is 1.43 bits per heavy atom. The lowest BCUT2D eigenvalue weighted by Crippen LogP contribution is -2.54. The third kappa shape index (κ3) is 3.69. The first-order valence-electron chi connectivity index (χ1n) is 6.95. The molecule has 1 saturated heterocycles. The van der Waals surface area contributed by atoms with Gasteiger partial charge < -0.3 is 15.3 Å². The molecule has 0 bridgehead atoms. The molecule has 0 saturated carbocycles. The first-order chi connectivity index (χ1) is 10.0. The van der Waals surface area contributed by atoms with Gasteiger partial charge in [0.2, 0.25) is 0 Å². The van der Waals surface area contributed by atoms with Crippen LogP contribution in [0, 0.1) is 0 Å². The van der Waals surface area contributed by atoms with E-state index in [4.69, 9.17) is 5.11 Å². The van der Waals surface area contributed by atoms with Crippen molar-refractivity contribution in [3.8, 4) is 0 Å². The summed E-state index contributed by atoms with van der Waals surface area (Å²) in [6, 6.07) is 1.54. The van der Waals surface area contributed by atoms with Gasteiger partial charge in [-0.1, -0.05) is 6.92 Å². The summed E-state index contributed by atoms with van der Waals surface area (Å²) < 4.78 is 0. The van der Waals surface area contributed by atoms with Crippen LogP contribution in [0.1, 0.15) is 23.7 Å². The van der Waals surface area contributed by atoms with Gasteiger partial charge in [-0.2, -0.15) is 0 Å². The topological polar surface area (TPSA) is 85.8 Å². The van der Waals surface area contributed by atoms with Gasteiger partial charge in [-0.25, -0.2) is 9.59 Å². The number of carboxylic acid groups (broad SMARTS) is 1. The Balaban J connectivity index is 2.01. The highest BCUT2D eigenvalue weighted by atomic mass is 16.4. The van der Waals surface area contributed by atoms with Crippen molar-refractivity contribution >= 4 is 17.7 Å². The van der Waals surface area contributed by atoms with Crippen LogP contribution in [0.3, 0.4) is 0 Å². The number of aromatic nitrogens is 1. The van der Waals surface area contributed by atoms with Gasteiger partial charge in [0.05, 0.1) is 17.4 Å². The van der Waals surface area contributed by atoms with Crippen molar-refractivity contribution in [3.63, 3.8) is 0 Å². The Kier molecular flexibility index (Phi) is 4.74. The largest absolute Gasteiger partial charge is 0.478 e. The Labute approximate surface area is 123 Å². The summed E-state index contributed by atoms with van der Waals surface area (Å²) in [5.74, 6) is -1.07. The smallest absolute Gasteiger partial charge is 0.337 e. The Morgan fingerprint density at radius 2 is 2.19 bits per heavy atom. The second-order valence-corrected chi connectivity index (χ2v) is 5.19. The summed E-state index contributed by atoms with van der Waals surface area (Å²) >= 11 is 0. The second-order valence-electron chi connectivity index (χ2n) is 5.19. The normalized spacial score (nSPS) is 19.3. The molecule has 0 spiro atoms. The monoisotopic (exact) mass is 292 g/mol. The second kappa shape index (κ2) is 6.53. The maximum absolute atomic E-state index is 12.2. The summed E-state index contributed by atoms with van der Waals surface area (Å²) in [6.07, 6.45) is 3.68. The van der Waals surface area contributed by atoms with Crippen LogP contribution in [0.25, 0.3) is 0 Å². The Hall–Kier alpha value is -2.15. The summed E-state index contributed by atoms with van der Waals surface area (Å²) in [6.45, 7) is 4.26. The van der Waals surface area contributed by atoms with Gasteiger partial charge in [-0.05, 0) is 19.5 Å². The van der Waals surface area contributed by atoms with Gasteiger partial charge >= 0.3 is 12.0 Å². The number of piperazine rings is 1. The first-order valence-corrected chi connectivity index (χ1v) is 6.95. The molecular formula is C14H20N4O3. The summed E-state index contributed by atoms with van der Waals surface area (Å²) in [5.41, 5.74) is 0.449. The van der Waals surface area contributed by atoms with Gasteiger partial charge in [0.1, 0.15) is 0 Å². The first kappa shape index (κ1) is 15.2. The van der Waals surface area contributed by atoms with Crippen molar-refractivity contribution in [2.75, 3.05) is 32.0 Å². The summed E-state index contributed by atoms with van der Waals surface area (Å²) in [4.78, 5) is 31.0. The average Bonchev–Trinajstić information content (AvgIpc) is 2.47. The molecule has 0 aliphatic carbocycles. The van der Waals surface area contributed by atoms with E-state index in [0.717, 1.165) is 13.0 Å². The zero-order valence-electron chi connectivity index (χ0n) is 12.2. The molecule has 114 valence electrons. The van der Waals surface area contributed by atoms with Gasteiger partial charge in [0.15, 0.2) is 0 Å². The number of nitrogens with one attached hydrogen (secondary N) is 1. The number of anilines is 1. The maximum Gasteiger partial charge on any atom is 0.337 e. The van der Waals surface area contributed by atoms with E-state index in [0.29, 0.717) is 24.8 Å². The number of urea groups is 1. The van der Waals surface area contributed by atoms with E-state index in [1.807, 2.05) is 0 Å². The van der Waals surface area contributed by atoms with E-state index < -0.39 is 5.97 Å². The molecule has 2 rings (SSSR count). The number of carbonyl (C=O) groups is 2. The lowest BCUT2D eigenvalue weighted by atomic mass is 10.1. The summed E-state index contributed by atoms with van der Waals surface area (Å²) in [5, 5.41) is 11.6. The molecule has 1 aliphatic heterocycles. The zero-order valence-corrected chi connectivity index (χ0v) is 12.2. The molecule has 0 aromatic carbocycles. The van der Waals surface area contributed by atoms with Crippen LogP contribution in [-0.2, 0) is 0 Å². The molecule has 2 N–H and O–H groups in total. The van der Waals surface area contributed by atoms with Crippen molar-refractivity contribution in [1.82, 2.24) is 14.8 Å². The van der Waals surface area contributed by atoms with Gasteiger partial charge in [-0.3, -0.25) is 9.88 Å². The Bertz CT molecular complexity index is 535.